The summed E-state index contributed by atoms with van der Waals surface area (Å²) in [5, 5.41) is 8.58. The molecule has 7 heteroatoms. The molecule has 0 aliphatic rings. The highest BCUT2D eigenvalue weighted by molar-refractivity contribution is 7.99. The van der Waals surface area contributed by atoms with E-state index in [0.29, 0.717) is 17.7 Å². The molecule has 114 valence electrons. The van der Waals surface area contributed by atoms with E-state index in [1.165, 1.54) is 0 Å². The summed E-state index contributed by atoms with van der Waals surface area (Å²) in [5.74, 6) is 4.00. The molecule has 5 nitrogen and oxygen atoms in total. The van der Waals surface area contributed by atoms with Gasteiger partial charge in [0, 0.05) is 5.75 Å². The van der Waals surface area contributed by atoms with Crippen LogP contribution in [0.1, 0.15) is 12.3 Å². The van der Waals surface area contributed by atoms with Crippen molar-refractivity contribution in [2.75, 3.05) is 25.7 Å². The normalized spacial score (nSPS) is 10.6. The van der Waals surface area contributed by atoms with E-state index < -0.39 is 0 Å². The lowest BCUT2D eigenvalue weighted by Gasteiger charge is -2.06. The molecule has 0 unspecified atom stereocenters. The van der Waals surface area contributed by atoms with E-state index in [1.807, 2.05) is 30.5 Å². The van der Waals surface area contributed by atoms with Crippen LogP contribution in [0.3, 0.4) is 0 Å². The van der Waals surface area contributed by atoms with Crippen molar-refractivity contribution in [3.05, 3.63) is 30.2 Å². The van der Waals surface area contributed by atoms with Crippen LogP contribution in [0, 0.1) is 0 Å². The second-order valence-corrected chi connectivity index (χ2v) is 6.03. The second-order valence-electron chi connectivity index (χ2n) is 4.12. The first kappa shape index (κ1) is 16.0. The van der Waals surface area contributed by atoms with Crippen molar-refractivity contribution in [1.29, 1.82) is 0 Å². The molecule has 0 spiro atoms. The maximum Gasteiger partial charge on any atom is 0.276 e. The molecule has 1 aromatic carbocycles. The third kappa shape index (κ3) is 5.51. The zero-order valence-corrected chi connectivity index (χ0v) is 13.7. The summed E-state index contributed by atoms with van der Waals surface area (Å²) in [6, 6.07) is 7.57. The molecular weight excluding hydrogens is 308 g/mol. The number of methoxy groups -OCH3 is 1. The largest absolute Gasteiger partial charge is 0.497 e. The van der Waals surface area contributed by atoms with Gasteiger partial charge in [-0.05, 0) is 36.9 Å². The predicted molar refractivity (Wildman–Crippen MR) is 85.3 cm³/mol. The molecule has 0 bridgehead atoms. The highest BCUT2D eigenvalue weighted by Crippen LogP contribution is 2.20. The van der Waals surface area contributed by atoms with Crippen LogP contribution in [0.15, 0.2) is 33.9 Å². The van der Waals surface area contributed by atoms with E-state index >= 15 is 0 Å². The Hall–Kier alpha value is -1.34. The summed E-state index contributed by atoms with van der Waals surface area (Å²) >= 11 is 3.22. The lowest BCUT2D eigenvalue weighted by molar-refractivity contribution is 0.317. The molecule has 1 heterocycles. The number of hydrogen-bond donors (Lipinski definition) is 0. The molecule has 1 aromatic heterocycles. The summed E-state index contributed by atoms with van der Waals surface area (Å²) in [4.78, 5) is 0. The average molecular weight is 326 g/mol. The fourth-order valence-corrected chi connectivity index (χ4v) is 2.61. The first-order valence-corrected chi connectivity index (χ1v) is 8.90. The highest BCUT2D eigenvalue weighted by atomic mass is 32.2. The summed E-state index contributed by atoms with van der Waals surface area (Å²) in [5.41, 5.74) is 0. The Morgan fingerprint density at radius 1 is 1.14 bits per heavy atom. The maximum atomic E-state index is 5.65. The maximum absolute atomic E-state index is 5.65. The van der Waals surface area contributed by atoms with Crippen molar-refractivity contribution >= 4 is 23.5 Å². The number of aromatic nitrogens is 2. The van der Waals surface area contributed by atoms with Crippen LogP contribution in [0.5, 0.6) is 11.5 Å². The van der Waals surface area contributed by atoms with E-state index in [9.17, 15) is 0 Å². The van der Waals surface area contributed by atoms with Gasteiger partial charge in [0.2, 0.25) is 5.89 Å². The zero-order valence-electron chi connectivity index (χ0n) is 12.1. The van der Waals surface area contributed by atoms with E-state index in [2.05, 4.69) is 10.2 Å². The Balaban J connectivity index is 1.62. The van der Waals surface area contributed by atoms with Gasteiger partial charge in [-0.1, -0.05) is 11.8 Å². The summed E-state index contributed by atoms with van der Waals surface area (Å²) in [6.45, 7) is 0.658. The Bertz CT molecular complexity index is 531. The van der Waals surface area contributed by atoms with Gasteiger partial charge >= 0.3 is 0 Å². The molecule has 0 aliphatic carbocycles. The van der Waals surface area contributed by atoms with Crippen molar-refractivity contribution in [3.63, 3.8) is 0 Å². The van der Waals surface area contributed by atoms with Crippen LogP contribution in [-0.2, 0) is 5.75 Å². The van der Waals surface area contributed by atoms with Gasteiger partial charge in [0.05, 0.1) is 19.5 Å². The number of nitrogens with zero attached hydrogens (tertiary/aromatic N) is 2. The SMILES string of the molecule is COc1ccc(OCCCSc2nnc(CSC)o2)cc1. The number of rotatable bonds is 9. The highest BCUT2D eigenvalue weighted by Gasteiger charge is 2.05. The third-order valence-corrected chi connectivity index (χ3v) is 4.00. The first-order valence-electron chi connectivity index (χ1n) is 6.53. The molecule has 0 fully saturated rings. The zero-order chi connectivity index (χ0) is 14.9. The molecule has 0 saturated heterocycles. The van der Waals surface area contributed by atoms with Gasteiger partial charge in [-0.2, -0.15) is 11.8 Å². The standard InChI is InChI=1S/C14H18N2O3S2/c1-17-11-4-6-12(7-5-11)18-8-3-9-21-14-16-15-13(19-14)10-20-2/h4-7H,3,8-10H2,1-2H3. The number of ether oxygens (including phenoxy) is 2. The average Bonchev–Trinajstić information content (AvgIpc) is 2.95. The molecule has 0 atom stereocenters. The lowest BCUT2D eigenvalue weighted by atomic mass is 10.3. The molecule has 0 radical (unpaired) electrons. The molecule has 2 rings (SSSR count). The minimum atomic E-state index is 0.628. The Morgan fingerprint density at radius 2 is 1.90 bits per heavy atom. The predicted octanol–water partition coefficient (Wildman–Crippen LogP) is 3.50. The van der Waals surface area contributed by atoms with Gasteiger partial charge in [0.1, 0.15) is 11.5 Å². The monoisotopic (exact) mass is 326 g/mol. The molecule has 0 aliphatic heterocycles. The third-order valence-electron chi connectivity index (χ3n) is 2.56. The molecule has 2 aromatic rings. The van der Waals surface area contributed by atoms with Crippen molar-refractivity contribution in [2.24, 2.45) is 0 Å². The molecule has 0 amide bonds. The van der Waals surface area contributed by atoms with Gasteiger partial charge in [-0.25, -0.2) is 0 Å². The van der Waals surface area contributed by atoms with Crippen molar-refractivity contribution in [3.8, 4) is 11.5 Å². The van der Waals surface area contributed by atoms with Gasteiger partial charge in [-0.3, -0.25) is 0 Å². The Labute approximate surface area is 132 Å². The summed E-state index contributed by atoms with van der Waals surface area (Å²) in [7, 11) is 1.65. The van der Waals surface area contributed by atoms with Crippen LogP contribution < -0.4 is 9.47 Å². The summed E-state index contributed by atoms with van der Waals surface area (Å²) in [6.07, 6.45) is 2.92. The minimum absolute atomic E-state index is 0.628. The topological polar surface area (TPSA) is 57.4 Å². The van der Waals surface area contributed by atoms with E-state index in [1.54, 1.807) is 30.6 Å². The fraction of sp³-hybridized carbons (Fsp3) is 0.429. The minimum Gasteiger partial charge on any atom is -0.497 e. The van der Waals surface area contributed by atoms with Crippen molar-refractivity contribution in [1.82, 2.24) is 10.2 Å². The van der Waals surface area contributed by atoms with Crippen LogP contribution in [0.25, 0.3) is 0 Å². The van der Waals surface area contributed by atoms with Crippen LogP contribution >= 0.6 is 23.5 Å². The molecule has 0 saturated carbocycles. The summed E-state index contributed by atoms with van der Waals surface area (Å²) < 4.78 is 16.2. The Kier molecular flexibility index (Phi) is 6.75. The van der Waals surface area contributed by atoms with E-state index in [4.69, 9.17) is 13.9 Å². The van der Waals surface area contributed by atoms with Crippen molar-refractivity contribution < 1.29 is 13.9 Å². The van der Waals surface area contributed by atoms with E-state index in [-0.39, 0.29) is 0 Å². The van der Waals surface area contributed by atoms with Crippen molar-refractivity contribution in [2.45, 2.75) is 17.4 Å². The Morgan fingerprint density at radius 3 is 2.62 bits per heavy atom. The lowest BCUT2D eigenvalue weighted by Crippen LogP contribution is -1.98. The van der Waals surface area contributed by atoms with Crippen LogP contribution in [0.2, 0.25) is 0 Å². The second kappa shape index (κ2) is 8.84. The number of thioether (sulfide) groups is 2. The molecule has 21 heavy (non-hydrogen) atoms. The van der Waals surface area contributed by atoms with Gasteiger partial charge < -0.3 is 13.9 Å². The van der Waals surface area contributed by atoms with Gasteiger partial charge in [-0.15, -0.1) is 10.2 Å². The molecule has 0 N–H and O–H groups in total. The number of benzene rings is 1. The van der Waals surface area contributed by atoms with E-state index in [0.717, 1.165) is 29.4 Å². The van der Waals surface area contributed by atoms with Gasteiger partial charge in [0.15, 0.2) is 0 Å². The smallest absolute Gasteiger partial charge is 0.276 e. The van der Waals surface area contributed by atoms with Gasteiger partial charge in [0.25, 0.3) is 5.22 Å². The van der Waals surface area contributed by atoms with Crippen LogP contribution in [-0.4, -0.2) is 35.9 Å². The molecular formula is C14H18N2O3S2. The van der Waals surface area contributed by atoms with Crippen LogP contribution in [0.4, 0.5) is 0 Å². The fourth-order valence-electron chi connectivity index (χ4n) is 1.56. The first-order chi connectivity index (χ1) is 10.3. The number of hydrogen-bond acceptors (Lipinski definition) is 7. The quantitative estimate of drug-likeness (QED) is 0.516.